The van der Waals surface area contributed by atoms with E-state index in [9.17, 15) is 4.79 Å². The van der Waals surface area contributed by atoms with Gasteiger partial charge in [0.2, 0.25) is 5.91 Å². The molecule has 2 fully saturated rings. The van der Waals surface area contributed by atoms with E-state index >= 15 is 0 Å². The second kappa shape index (κ2) is 8.52. The van der Waals surface area contributed by atoms with Gasteiger partial charge in [0.25, 0.3) is 0 Å². The molecule has 2 heterocycles. The van der Waals surface area contributed by atoms with Crippen molar-refractivity contribution in [1.29, 1.82) is 0 Å². The van der Waals surface area contributed by atoms with E-state index in [4.69, 9.17) is 10.5 Å². The molecule has 1 aromatic heterocycles. The zero-order valence-corrected chi connectivity index (χ0v) is 15.9. The number of aromatic nitrogens is 2. The van der Waals surface area contributed by atoms with Crippen molar-refractivity contribution in [2.45, 2.75) is 31.8 Å². The molecule has 6 nitrogen and oxygen atoms in total. The van der Waals surface area contributed by atoms with Crippen LogP contribution in [-0.2, 0) is 22.2 Å². The predicted molar refractivity (Wildman–Crippen MR) is 97.5 cm³/mol. The van der Waals surface area contributed by atoms with Crippen LogP contribution in [0.15, 0.2) is 12.4 Å². The van der Waals surface area contributed by atoms with Gasteiger partial charge < -0.3 is 15.4 Å². The van der Waals surface area contributed by atoms with E-state index in [1.54, 1.807) is 4.68 Å². The molecule has 0 bridgehead atoms. The first-order chi connectivity index (χ1) is 10.5. The number of hydrogen-bond acceptors (Lipinski definition) is 4. The van der Waals surface area contributed by atoms with Gasteiger partial charge in [0, 0.05) is 31.3 Å². The normalized spacial score (nSPS) is 29.7. The van der Waals surface area contributed by atoms with E-state index in [-0.39, 0.29) is 36.6 Å². The van der Waals surface area contributed by atoms with Crippen molar-refractivity contribution in [3.63, 3.8) is 0 Å². The van der Waals surface area contributed by atoms with Gasteiger partial charge in [-0.05, 0) is 32.2 Å². The van der Waals surface area contributed by atoms with Crippen molar-refractivity contribution in [1.82, 2.24) is 14.7 Å². The van der Waals surface area contributed by atoms with Crippen molar-refractivity contribution in [2.24, 2.45) is 24.6 Å². The van der Waals surface area contributed by atoms with Crippen molar-refractivity contribution >= 4 is 30.7 Å². The molecule has 1 aliphatic carbocycles. The third kappa shape index (κ3) is 4.04. The summed E-state index contributed by atoms with van der Waals surface area (Å²) in [6, 6.07) is 0. The fourth-order valence-electron chi connectivity index (χ4n) is 3.81. The van der Waals surface area contributed by atoms with Gasteiger partial charge in [-0.1, -0.05) is 6.42 Å². The van der Waals surface area contributed by atoms with Crippen LogP contribution in [0.4, 0.5) is 0 Å². The summed E-state index contributed by atoms with van der Waals surface area (Å²) in [4.78, 5) is 14.9. The number of amides is 1. The predicted octanol–water partition coefficient (Wildman–Crippen LogP) is 1.71. The molecule has 0 spiro atoms. The Labute approximate surface area is 155 Å². The zero-order valence-electron chi connectivity index (χ0n) is 14.3. The van der Waals surface area contributed by atoms with E-state index in [2.05, 4.69) is 5.10 Å². The van der Waals surface area contributed by atoms with E-state index in [0.717, 1.165) is 24.8 Å². The average molecular weight is 379 g/mol. The highest BCUT2D eigenvalue weighted by atomic mass is 35.5. The molecule has 8 heteroatoms. The molecule has 1 amide bonds. The van der Waals surface area contributed by atoms with Crippen LogP contribution in [-0.4, -0.2) is 46.8 Å². The van der Waals surface area contributed by atoms with Crippen molar-refractivity contribution in [2.75, 3.05) is 26.2 Å². The second-order valence-corrected chi connectivity index (χ2v) is 6.77. The summed E-state index contributed by atoms with van der Waals surface area (Å²) in [6.45, 7) is 4.48. The van der Waals surface area contributed by atoms with E-state index in [1.807, 2.05) is 31.3 Å². The Morgan fingerprint density at radius 1 is 1.46 bits per heavy atom. The molecule has 138 valence electrons. The first-order valence-electron chi connectivity index (χ1n) is 8.15. The van der Waals surface area contributed by atoms with Gasteiger partial charge in [-0.25, -0.2) is 0 Å². The average Bonchev–Trinajstić information content (AvgIpc) is 3.15. The van der Waals surface area contributed by atoms with Crippen molar-refractivity contribution < 1.29 is 9.53 Å². The minimum absolute atomic E-state index is 0. The third-order valence-electron chi connectivity index (χ3n) is 5.18. The van der Waals surface area contributed by atoms with Gasteiger partial charge in [0.1, 0.15) is 5.60 Å². The van der Waals surface area contributed by atoms with E-state index in [0.29, 0.717) is 32.2 Å². The molecule has 1 aliphatic heterocycles. The van der Waals surface area contributed by atoms with Crippen LogP contribution in [0.25, 0.3) is 0 Å². The molecule has 1 saturated carbocycles. The monoisotopic (exact) mass is 378 g/mol. The van der Waals surface area contributed by atoms with Gasteiger partial charge in [-0.3, -0.25) is 9.48 Å². The quantitative estimate of drug-likeness (QED) is 0.868. The number of hydrogen-bond donors (Lipinski definition) is 1. The van der Waals surface area contributed by atoms with Gasteiger partial charge in [0.15, 0.2) is 0 Å². The van der Waals surface area contributed by atoms with Gasteiger partial charge >= 0.3 is 0 Å². The maximum atomic E-state index is 12.9. The number of nitrogens with two attached hydrogens (primary N) is 1. The molecule has 3 atom stereocenters. The first kappa shape index (κ1) is 21.2. The number of morpholine rings is 1. The smallest absolute Gasteiger partial charge is 0.226 e. The number of rotatable bonds is 3. The Morgan fingerprint density at radius 3 is 2.83 bits per heavy atom. The van der Waals surface area contributed by atoms with Crippen LogP contribution in [0, 0.1) is 11.8 Å². The van der Waals surface area contributed by atoms with Crippen LogP contribution in [0.5, 0.6) is 0 Å². The lowest BCUT2D eigenvalue weighted by molar-refractivity contribution is -0.154. The summed E-state index contributed by atoms with van der Waals surface area (Å²) in [5, 5.41) is 4.23. The number of nitrogens with zero attached hydrogens (tertiary/aromatic N) is 3. The highest BCUT2D eigenvalue weighted by Gasteiger charge is 2.41. The summed E-state index contributed by atoms with van der Waals surface area (Å²) >= 11 is 0. The summed E-state index contributed by atoms with van der Waals surface area (Å²) in [5.41, 5.74) is 6.38. The SMILES string of the molecule is Cl.Cl.Cn1cc(C2(C)CN(C(=O)[C@@H]3CCC[C@@H]3CN)CCO2)cn1. The summed E-state index contributed by atoms with van der Waals surface area (Å²) in [6.07, 6.45) is 6.96. The Bertz CT molecular complexity index is 554. The van der Waals surface area contributed by atoms with E-state index < -0.39 is 5.60 Å². The fourth-order valence-corrected chi connectivity index (χ4v) is 3.81. The highest BCUT2D eigenvalue weighted by molar-refractivity contribution is 5.85. The lowest BCUT2D eigenvalue weighted by atomic mass is 9.92. The number of halogens is 2. The molecule has 2 aliphatic rings. The molecular weight excluding hydrogens is 351 g/mol. The molecule has 2 N–H and O–H groups in total. The first-order valence-corrected chi connectivity index (χ1v) is 8.15. The Balaban J connectivity index is 0.00000144. The van der Waals surface area contributed by atoms with E-state index in [1.165, 1.54) is 0 Å². The Kier molecular flexibility index (Phi) is 7.53. The standard InChI is InChI=1S/C16H26N4O2.2ClH/c1-16(13-9-18-19(2)10-13)11-20(6-7-22-16)15(21)14-5-3-4-12(14)8-17;;/h9-10,12,14H,3-8,11,17H2,1-2H3;2*1H/t12-,14-,16?;;/m1../s1. The second-order valence-electron chi connectivity index (χ2n) is 6.77. The van der Waals surface area contributed by atoms with Crippen LogP contribution in [0.1, 0.15) is 31.7 Å². The minimum atomic E-state index is -0.473. The van der Waals surface area contributed by atoms with Crippen LogP contribution in [0.2, 0.25) is 0 Å². The molecule has 0 aromatic carbocycles. The summed E-state index contributed by atoms with van der Waals surface area (Å²) in [7, 11) is 1.89. The van der Waals surface area contributed by atoms with Crippen LogP contribution in [0.3, 0.4) is 0 Å². The largest absolute Gasteiger partial charge is 0.367 e. The lowest BCUT2D eigenvalue weighted by Crippen LogP contribution is -2.52. The van der Waals surface area contributed by atoms with Crippen molar-refractivity contribution in [3.05, 3.63) is 18.0 Å². The van der Waals surface area contributed by atoms with Gasteiger partial charge in [-0.15, -0.1) is 24.8 Å². The maximum absolute atomic E-state index is 12.9. The van der Waals surface area contributed by atoms with Gasteiger partial charge in [-0.2, -0.15) is 5.10 Å². The topological polar surface area (TPSA) is 73.4 Å². The zero-order chi connectivity index (χ0) is 15.7. The number of ether oxygens (including phenoxy) is 1. The summed E-state index contributed by atoms with van der Waals surface area (Å²) < 4.78 is 7.76. The molecule has 3 rings (SSSR count). The summed E-state index contributed by atoms with van der Waals surface area (Å²) in [5.74, 6) is 0.701. The Hall–Kier alpha value is -0.820. The number of aryl methyl sites for hydroxylation is 1. The molecule has 1 aromatic rings. The lowest BCUT2D eigenvalue weighted by Gasteiger charge is -2.41. The van der Waals surface area contributed by atoms with Crippen LogP contribution < -0.4 is 5.73 Å². The molecule has 0 radical (unpaired) electrons. The molecular formula is C16H28Cl2N4O2. The maximum Gasteiger partial charge on any atom is 0.226 e. The highest BCUT2D eigenvalue weighted by Crippen LogP contribution is 2.35. The molecule has 1 unspecified atom stereocenters. The Morgan fingerprint density at radius 2 is 2.21 bits per heavy atom. The van der Waals surface area contributed by atoms with Crippen molar-refractivity contribution in [3.8, 4) is 0 Å². The number of carbonyl (C=O) groups excluding carboxylic acids is 1. The molecule has 1 saturated heterocycles. The minimum Gasteiger partial charge on any atom is -0.367 e. The fraction of sp³-hybridized carbons (Fsp3) is 0.750. The van der Waals surface area contributed by atoms with Gasteiger partial charge in [0.05, 0.1) is 19.3 Å². The third-order valence-corrected chi connectivity index (χ3v) is 5.18. The molecule has 24 heavy (non-hydrogen) atoms. The van der Waals surface area contributed by atoms with Crippen LogP contribution >= 0.6 is 24.8 Å². The number of carbonyl (C=O) groups is 1.